The van der Waals surface area contributed by atoms with Gasteiger partial charge >= 0.3 is 0 Å². The summed E-state index contributed by atoms with van der Waals surface area (Å²) in [7, 11) is -3.65. The van der Waals surface area contributed by atoms with Crippen LogP contribution in [0.25, 0.3) is 0 Å². The highest BCUT2D eigenvalue weighted by Crippen LogP contribution is 2.21. The number of nitrogens with zero attached hydrogens (tertiary/aromatic N) is 1. The Morgan fingerprint density at radius 2 is 2.00 bits per heavy atom. The lowest BCUT2D eigenvalue weighted by molar-refractivity contribution is 0.598. The molecule has 0 aliphatic rings. The van der Waals surface area contributed by atoms with Crippen LogP contribution in [0.3, 0.4) is 0 Å². The zero-order valence-electron chi connectivity index (χ0n) is 11.7. The highest BCUT2D eigenvalue weighted by molar-refractivity contribution is 7.89. The predicted molar refractivity (Wildman–Crippen MR) is 85.2 cm³/mol. The Balaban J connectivity index is 1.98. The van der Waals surface area contributed by atoms with Crippen molar-refractivity contribution in [1.29, 1.82) is 0 Å². The Labute approximate surface area is 128 Å². The number of nitrogens with two attached hydrogens (primary N) is 1. The molecule has 0 saturated carbocycles. The number of primary sulfonamides is 1. The molecular weight excluding hydrogens is 308 g/mol. The fraction of sp³-hybridized carbons (Fsp3) is 0.308. The normalized spacial score (nSPS) is 11.5. The van der Waals surface area contributed by atoms with Crippen molar-refractivity contribution in [1.82, 2.24) is 10.3 Å². The molecule has 0 fully saturated rings. The second-order valence-electron chi connectivity index (χ2n) is 4.52. The fourth-order valence-corrected chi connectivity index (χ4v) is 2.94. The molecule has 0 unspecified atom stereocenters. The van der Waals surface area contributed by atoms with Crippen molar-refractivity contribution in [2.45, 2.75) is 24.8 Å². The van der Waals surface area contributed by atoms with Crippen LogP contribution in [0.4, 0.5) is 10.8 Å². The molecule has 2 rings (SSSR count). The number of nitrogens with one attached hydrogen (secondary N) is 2. The zero-order chi connectivity index (χ0) is 15.3. The molecule has 0 atom stereocenters. The Hall–Kier alpha value is -1.48. The first kappa shape index (κ1) is 15.9. The van der Waals surface area contributed by atoms with E-state index in [1.54, 1.807) is 12.1 Å². The van der Waals surface area contributed by atoms with Gasteiger partial charge in [-0.15, -0.1) is 11.3 Å². The van der Waals surface area contributed by atoms with E-state index in [4.69, 9.17) is 5.14 Å². The molecule has 8 heteroatoms. The third-order valence-electron chi connectivity index (χ3n) is 2.72. The minimum atomic E-state index is -3.65. The number of benzene rings is 1. The maximum Gasteiger partial charge on any atom is 0.238 e. The molecule has 114 valence electrons. The van der Waals surface area contributed by atoms with E-state index in [-0.39, 0.29) is 4.90 Å². The van der Waals surface area contributed by atoms with E-state index >= 15 is 0 Å². The van der Waals surface area contributed by atoms with Crippen molar-refractivity contribution in [3.05, 3.63) is 35.3 Å². The summed E-state index contributed by atoms with van der Waals surface area (Å²) in [6, 6.07) is 6.26. The lowest BCUT2D eigenvalue weighted by Gasteiger charge is -2.03. The average molecular weight is 326 g/mol. The van der Waals surface area contributed by atoms with Gasteiger partial charge in [-0.1, -0.05) is 6.92 Å². The number of hydrogen-bond donors (Lipinski definition) is 3. The van der Waals surface area contributed by atoms with Crippen molar-refractivity contribution >= 4 is 32.2 Å². The van der Waals surface area contributed by atoms with Crippen LogP contribution < -0.4 is 15.8 Å². The van der Waals surface area contributed by atoms with Crippen molar-refractivity contribution in [3.8, 4) is 0 Å². The first-order valence-corrected chi connectivity index (χ1v) is 8.96. The first-order valence-electron chi connectivity index (χ1n) is 6.54. The maximum absolute atomic E-state index is 11.2. The number of rotatable bonds is 7. The van der Waals surface area contributed by atoms with E-state index in [0.29, 0.717) is 0 Å². The van der Waals surface area contributed by atoms with Crippen molar-refractivity contribution in [2.75, 3.05) is 11.9 Å². The quantitative estimate of drug-likeness (QED) is 0.677. The average Bonchev–Trinajstić information content (AvgIpc) is 2.86. The monoisotopic (exact) mass is 326 g/mol. The van der Waals surface area contributed by atoms with Crippen molar-refractivity contribution < 1.29 is 8.42 Å². The van der Waals surface area contributed by atoms with Crippen molar-refractivity contribution in [3.63, 3.8) is 0 Å². The van der Waals surface area contributed by atoms with Gasteiger partial charge in [-0.05, 0) is 37.2 Å². The van der Waals surface area contributed by atoms with E-state index in [0.717, 1.165) is 36.0 Å². The van der Waals surface area contributed by atoms with Crippen molar-refractivity contribution in [2.24, 2.45) is 5.14 Å². The van der Waals surface area contributed by atoms with Gasteiger partial charge in [-0.2, -0.15) is 0 Å². The molecule has 1 aromatic carbocycles. The number of anilines is 2. The molecule has 0 spiro atoms. The second-order valence-corrected chi connectivity index (χ2v) is 6.93. The molecule has 4 N–H and O–H groups in total. The van der Waals surface area contributed by atoms with Crippen LogP contribution in [0.15, 0.2) is 34.5 Å². The number of sulfonamides is 1. The van der Waals surface area contributed by atoms with Gasteiger partial charge in [0.2, 0.25) is 10.0 Å². The molecule has 2 aromatic rings. The molecule has 21 heavy (non-hydrogen) atoms. The molecule has 1 aromatic heterocycles. The van der Waals surface area contributed by atoms with E-state index in [1.807, 2.05) is 5.38 Å². The summed E-state index contributed by atoms with van der Waals surface area (Å²) in [6.07, 6.45) is 1.09. The van der Waals surface area contributed by atoms with Crippen LogP contribution in [-0.4, -0.2) is 19.9 Å². The molecular formula is C13H18N4O2S2. The third kappa shape index (κ3) is 4.78. The second kappa shape index (κ2) is 6.99. The summed E-state index contributed by atoms with van der Waals surface area (Å²) in [4.78, 5) is 4.54. The SMILES string of the molecule is CCCNCc1csc(Nc2ccc(S(N)(=O)=O)cc2)n1. The topological polar surface area (TPSA) is 97.1 Å². The molecule has 0 aliphatic heterocycles. The van der Waals surface area contributed by atoms with Crippen LogP contribution >= 0.6 is 11.3 Å². The third-order valence-corrected chi connectivity index (χ3v) is 4.45. The van der Waals surface area contributed by atoms with Gasteiger partial charge in [-0.3, -0.25) is 0 Å². The fourth-order valence-electron chi connectivity index (χ4n) is 1.69. The summed E-state index contributed by atoms with van der Waals surface area (Å²) in [5.74, 6) is 0. The summed E-state index contributed by atoms with van der Waals surface area (Å²) < 4.78 is 22.3. The molecule has 1 heterocycles. The van der Waals surface area contributed by atoms with Gasteiger partial charge in [-0.25, -0.2) is 18.5 Å². The van der Waals surface area contributed by atoms with Gasteiger partial charge in [0.05, 0.1) is 10.6 Å². The van der Waals surface area contributed by atoms with E-state index in [9.17, 15) is 8.42 Å². The molecule has 0 radical (unpaired) electrons. The highest BCUT2D eigenvalue weighted by atomic mass is 32.2. The van der Waals surface area contributed by atoms with Gasteiger partial charge in [0.1, 0.15) is 0 Å². The summed E-state index contributed by atoms with van der Waals surface area (Å²) >= 11 is 1.51. The van der Waals surface area contributed by atoms with E-state index in [1.165, 1.54) is 23.5 Å². The van der Waals surface area contributed by atoms with Gasteiger partial charge in [0, 0.05) is 17.6 Å². The van der Waals surface area contributed by atoms with E-state index in [2.05, 4.69) is 22.5 Å². The largest absolute Gasteiger partial charge is 0.332 e. The Kier molecular flexibility index (Phi) is 5.29. The van der Waals surface area contributed by atoms with Gasteiger partial charge in [0.25, 0.3) is 0 Å². The molecule has 6 nitrogen and oxygen atoms in total. The van der Waals surface area contributed by atoms with E-state index < -0.39 is 10.0 Å². The van der Waals surface area contributed by atoms with Crippen LogP contribution in [0.1, 0.15) is 19.0 Å². The zero-order valence-corrected chi connectivity index (χ0v) is 13.3. The minimum absolute atomic E-state index is 0.0941. The molecule has 0 saturated heterocycles. The van der Waals surface area contributed by atoms with Crippen LogP contribution in [0.2, 0.25) is 0 Å². The number of hydrogen-bond acceptors (Lipinski definition) is 6. The lowest BCUT2D eigenvalue weighted by Crippen LogP contribution is -2.13. The smallest absolute Gasteiger partial charge is 0.238 e. The highest BCUT2D eigenvalue weighted by Gasteiger charge is 2.07. The first-order chi connectivity index (χ1) is 9.99. The number of aromatic nitrogens is 1. The number of thiazole rings is 1. The summed E-state index contributed by atoms with van der Waals surface area (Å²) in [5, 5.41) is 14.2. The van der Waals surface area contributed by atoms with Gasteiger partial charge < -0.3 is 10.6 Å². The summed E-state index contributed by atoms with van der Waals surface area (Å²) in [6.45, 7) is 3.83. The lowest BCUT2D eigenvalue weighted by atomic mass is 10.3. The molecule has 0 bridgehead atoms. The van der Waals surface area contributed by atoms with Gasteiger partial charge in [0.15, 0.2) is 5.13 Å². The van der Waals surface area contributed by atoms with Crippen LogP contribution in [0.5, 0.6) is 0 Å². The maximum atomic E-state index is 11.2. The molecule has 0 amide bonds. The predicted octanol–water partition coefficient (Wildman–Crippen LogP) is 2.03. The minimum Gasteiger partial charge on any atom is -0.332 e. The molecule has 0 aliphatic carbocycles. The Morgan fingerprint density at radius 1 is 1.29 bits per heavy atom. The standard InChI is InChI=1S/C13H18N4O2S2/c1-2-7-15-8-11-9-20-13(17-11)16-10-3-5-12(6-4-10)21(14,18)19/h3-6,9,15H,2,7-8H2,1H3,(H,16,17)(H2,14,18,19). The Bertz CT molecular complexity index is 680. The van der Waals surface area contributed by atoms with Crippen LogP contribution in [-0.2, 0) is 16.6 Å². The Morgan fingerprint density at radius 3 is 2.62 bits per heavy atom. The summed E-state index contributed by atoms with van der Waals surface area (Å²) in [5.41, 5.74) is 1.75. The van der Waals surface area contributed by atoms with Crippen LogP contribution in [0, 0.1) is 0 Å².